The minimum atomic E-state index is -4.31. The van der Waals surface area contributed by atoms with Gasteiger partial charge in [-0.25, -0.2) is 4.39 Å². The average molecular weight is 172 g/mol. The van der Waals surface area contributed by atoms with Crippen LogP contribution in [0, 0.1) is 0 Å². The summed E-state index contributed by atoms with van der Waals surface area (Å²) in [4.78, 5) is 0. The van der Waals surface area contributed by atoms with Crippen molar-refractivity contribution in [2.24, 2.45) is 0 Å². The van der Waals surface area contributed by atoms with E-state index in [1.807, 2.05) is 0 Å². The summed E-state index contributed by atoms with van der Waals surface area (Å²) >= 11 is 0. The van der Waals surface area contributed by atoms with Crippen LogP contribution in [0.15, 0.2) is 0 Å². The Morgan fingerprint density at radius 3 is 2.27 bits per heavy atom. The maximum absolute atomic E-state index is 12.4. The average Bonchev–Trinajstić information content (AvgIpc) is 1.85. The monoisotopic (exact) mass is 172 g/mol. The summed E-state index contributed by atoms with van der Waals surface area (Å²) in [6.45, 7) is 2.83. The lowest BCUT2D eigenvalue weighted by Gasteiger charge is -2.20. The lowest BCUT2D eigenvalue weighted by molar-refractivity contribution is -0.260. The molecular weight excluding hydrogens is 161 g/mol. The van der Waals surface area contributed by atoms with E-state index in [1.54, 1.807) is 6.92 Å². The van der Waals surface area contributed by atoms with Crippen molar-refractivity contribution in [2.45, 2.75) is 32.2 Å². The van der Waals surface area contributed by atoms with Gasteiger partial charge in [0.1, 0.15) is 0 Å². The van der Waals surface area contributed by atoms with Crippen molar-refractivity contribution < 1.29 is 23.0 Å². The summed E-state index contributed by atoms with van der Waals surface area (Å²) in [5.74, 6) is 0. The molecule has 2 nitrogen and oxygen atoms in total. The van der Waals surface area contributed by atoms with E-state index in [-0.39, 0.29) is 6.61 Å². The third-order valence-corrected chi connectivity index (χ3v) is 1.17. The van der Waals surface area contributed by atoms with Crippen molar-refractivity contribution in [1.82, 2.24) is 0 Å². The second-order valence-corrected chi connectivity index (χ2v) is 2.15. The van der Waals surface area contributed by atoms with Crippen molar-refractivity contribution >= 4 is 0 Å². The molecule has 5 heteroatoms. The van der Waals surface area contributed by atoms with Crippen LogP contribution in [0.2, 0.25) is 0 Å². The number of aliphatic hydroxyl groups is 1. The van der Waals surface area contributed by atoms with E-state index in [2.05, 4.69) is 4.74 Å². The molecule has 2 unspecified atom stereocenters. The predicted molar refractivity (Wildman–Crippen MR) is 33.1 cm³/mol. The van der Waals surface area contributed by atoms with E-state index in [9.17, 15) is 13.2 Å². The van der Waals surface area contributed by atoms with Gasteiger partial charge in [-0.05, 0) is 13.8 Å². The standard InChI is InChI=1S/C6H11F3O2/c1-3-11-4(2)5(7)6(8,9)10/h4-5,10H,3H2,1-2H3. The van der Waals surface area contributed by atoms with Gasteiger partial charge in [-0.1, -0.05) is 0 Å². The topological polar surface area (TPSA) is 29.5 Å². The van der Waals surface area contributed by atoms with Crippen LogP contribution >= 0.6 is 0 Å². The van der Waals surface area contributed by atoms with Gasteiger partial charge in [-0.2, -0.15) is 8.78 Å². The van der Waals surface area contributed by atoms with Gasteiger partial charge < -0.3 is 9.84 Å². The maximum Gasteiger partial charge on any atom is 0.387 e. The molecule has 0 saturated heterocycles. The quantitative estimate of drug-likeness (QED) is 0.693. The number of alkyl halides is 3. The molecule has 68 valence electrons. The fourth-order valence-corrected chi connectivity index (χ4v) is 0.630. The molecule has 0 aliphatic carbocycles. The predicted octanol–water partition coefficient (Wildman–Crippen LogP) is 1.33. The molecule has 0 amide bonds. The summed E-state index contributed by atoms with van der Waals surface area (Å²) < 4.78 is 40.5. The normalized spacial score (nSPS) is 18.0. The number of rotatable bonds is 4. The molecule has 2 atom stereocenters. The van der Waals surface area contributed by atoms with Gasteiger partial charge >= 0.3 is 6.11 Å². The Kier molecular flexibility index (Phi) is 3.82. The zero-order chi connectivity index (χ0) is 9.07. The molecule has 0 rings (SSSR count). The molecule has 0 fully saturated rings. The number of ether oxygens (including phenoxy) is 1. The first kappa shape index (κ1) is 10.7. The van der Waals surface area contributed by atoms with Gasteiger partial charge in [0.2, 0.25) is 6.17 Å². The molecular formula is C6H11F3O2. The Balaban J connectivity index is 3.91. The van der Waals surface area contributed by atoms with E-state index in [4.69, 9.17) is 5.11 Å². The first-order valence-electron chi connectivity index (χ1n) is 3.25. The van der Waals surface area contributed by atoms with Crippen LogP contribution in [-0.4, -0.2) is 30.1 Å². The van der Waals surface area contributed by atoms with Gasteiger partial charge in [0.15, 0.2) is 0 Å². The third kappa shape index (κ3) is 3.57. The smallest absolute Gasteiger partial charge is 0.375 e. The minimum Gasteiger partial charge on any atom is -0.375 e. The molecule has 0 aliphatic heterocycles. The van der Waals surface area contributed by atoms with Crippen molar-refractivity contribution in [3.8, 4) is 0 Å². The highest BCUT2D eigenvalue weighted by atomic mass is 19.3. The lowest BCUT2D eigenvalue weighted by Crippen LogP contribution is -2.39. The van der Waals surface area contributed by atoms with Crippen LogP contribution in [0.25, 0.3) is 0 Å². The summed E-state index contributed by atoms with van der Waals surface area (Å²) in [6.07, 6.45) is -8.27. The highest BCUT2D eigenvalue weighted by molar-refractivity contribution is 4.71. The highest BCUT2D eigenvalue weighted by Gasteiger charge is 2.41. The summed E-state index contributed by atoms with van der Waals surface area (Å²) in [6, 6.07) is 0. The van der Waals surface area contributed by atoms with Crippen LogP contribution in [0.5, 0.6) is 0 Å². The fraction of sp³-hybridized carbons (Fsp3) is 1.00. The van der Waals surface area contributed by atoms with Crippen LogP contribution in [-0.2, 0) is 4.74 Å². The largest absolute Gasteiger partial charge is 0.387 e. The molecule has 0 aromatic carbocycles. The molecule has 0 aromatic rings. The Bertz CT molecular complexity index is 113. The zero-order valence-electron chi connectivity index (χ0n) is 6.35. The van der Waals surface area contributed by atoms with Crippen molar-refractivity contribution in [3.63, 3.8) is 0 Å². The highest BCUT2D eigenvalue weighted by Crippen LogP contribution is 2.21. The van der Waals surface area contributed by atoms with Crippen LogP contribution in [0.3, 0.4) is 0 Å². The Labute approximate surface area is 63.0 Å². The molecule has 11 heavy (non-hydrogen) atoms. The van der Waals surface area contributed by atoms with E-state index >= 15 is 0 Å². The second kappa shape index (κ2) is 3.92. The van der Waals surface area contributed by atoms with Crippen LogP contribution in [0.4, 0.5) is 13.2 Å². The van der Waals surface area contributed by atoms with Gasteiger partial charge in [-0.15, -0.1) is 0 Å². The molecule has 0 aliphatic rings. The summed E-state index contributed by atoms with van der Waals surface area (Å²) in [5, 5.41) is 7.89. The molecule has 0 aromatic heterocycles. The van der Waals surface area contributed by atoms with Crippen LogP contribution in [0.1, 0.15) is 13.8 Å². The van der Waals surface area contributed by atoms with Crippen molar-refractivity contribution in [3.05, 3.63) is 0 Å². The number of halogens is 3. The van der Waals surface area contributed by atoms with Crippen molar-refractivity contribution in [1.29, 1.82) is 0 Å². The summed E-state index contributed by atoms with van der Waals surface area (Å²) in [7, 11) is 0. The van der Waals surface area contributed by atoms with Gasteiger partial charge in [0.25, 0.3) is 0 Å². The first-order chi connectivity index (χ1) is 4.89. The molecule has 0 heterocycles. The SMILES string of the molecule is CCOC(C)C(F)C(O)(F)F. The molecule has 0 saturated carbocycles. The van der Waals surface area contributed by atoms with E-state index in [0.29, 0.717) is 0 Å². The fourth-order valence-electron chi connectivity index (χ4n) is 0.630. The van der Waals surface area contributed by atoms with Gasteiger partial charge in [0.05, 0.1) is 6.10 Å². The van der Waals surface area contributed by atoms with E-state index < -0.39 is 18.4 Å². The molecule has 1 N–H and O–H groups in total. The second-order valence-electron chi connectivity index (χ2n) is 2.15. The van der Waals surface area contributed by atoms with E-state index in [0.717, 1.165) is 6.92 Å². The van der Waals surface area contributed by atoms with Gasteiger partial charge in [0, 0.05) is 6.61 Å². The van der Waals surface area contributed by atoms with Gasteiger partial charge in [-0.3, -0.25) is 0 Å². The van der Waals surface area contributed by atoms with Crippen LogP contribution < -0.4 is 0 Å². The molecule has 0 bridgehead atoms. The number of hydrogen-bond acceptors (Lipinski definition) is 2. The zero-order valence-corrected chi connectivity index (χ0v) is 6.35. The Morgan fingerprint density at radius 2 is 2.00 bits per heavy atom. The molecule has 0 radical (unpaired) electrons. The number of hydrogen-bond donors (Lipinski definition) is 1. The lowest BCUT2D eigenvalue weighted by atomic mass is 10.2. The third-order valence-electron chi connectivity index (χ3n) is 1.17. The summed E-state index contributed by atoms with van der Waals surface area (Å²) in [5.41, 5.74) is 0. The molecule has 0 spiro atoms. The minimum absolute atomic E-state index is 0.137. The Morgan fingerprint density at radius 1 is 1.55 bits per heavy atom. The Hall–Kier alpha value is -0.290. The maximum atomic E-state index is 12.4. The van der Waals surface area contributed by atoms with E-state index in [1.165, 1.54) is 0 Å². The van der Waals surface area contributed by atoms with Crippen molar-refractivity contribution in [2.75, 3.05) is 6.61 Å². The first-order valence-corrected chi connectivity index (χ1v) is 3.25.